The van der Waals surface area contributed by atoms with Gasteiger partial charge in [-0.15, -0.1) is 21.5 Å². The highest BCUT2D eigenvalue weighted by atomic mass is 32.2. The van der Waals surface area contributed by atoms with Gasteiger partial charge in [0.2, 0.25) is 5.91 Å². The van der Waals surface area contributed by atoms with E-state index in [1.165, 1.54) is 16.6 Å². The van der Waals surface area contributed by atoms with Crippen LogP contribution in [0.25, 0.3) is 11.6 Å². The molecule has 0 spiro atoms. The second kappa shape index (κ2) is 8.35. The summed E-state index contributed by atoms with van der Waals surface area (Å²) >= 11 is 3.11. The average molecular weight is 377 g/mol. The van der Waals surface area contributed by atoms with Crippen LogP contribution in [0.4, 0.5) is 0 Å². The number of thioether (sulfide) groups is 1. The van der Waals surface area contributed by atoms with E-state index >= 15 is 0 Å². The number of furan rings is 1. The van der Waals surface area contributed by atoms with Crippen LogP contribution in [0.5, 0.6) is 0 Å². The van der Waals surface area contributed by atoms with Gasteiger partial charge in [-0.3, -0.25) is 9.36 Å². The second-order valence-corrected chi connectivity index (χ2v) is 7.75. The largest absolute Gasteiger partial charge is 0.461 e. The van der Waals surface area contributed by atoms with E-state index in [1.54, 1.807) is 17.6 Å². The predicted octanol–water partition coefficient (Wildman–Crippen LogP) is 3.46. The van der Waals surface area contributed by atoms with Crippen molar-refractivity contribution in [3.63, 3.8) is 0 Å². The maximum Gasteiger partial charge on any atom is 0.233 e. The van der Waals surface area contributed by atoms with Crippen molar-refractivity contribution < 1.29 is 9.21 Å². The molecule has 1 N–H and O–H groups in total. The van der Waals surface area contributed by atoms with Crippen LogP contribution < -0.4 is 5.32 Å². The minimum atomic E-state index is -0.248. The van der Waals surface area contributed by atoms with E-state index in [9.17, 15) is 4.79 Å². The molecule has 3 heterocycles. The van der Waals surface area contributed by atoms with Gasteiger partial charge in [0, 0.05) is 18.0 Å². The van der Waals surface area contributed by atoms with Gasteiger partial charge in [-0.05, 0) is 43.8 Å². The lowest BCUT2D eigenvalue weighted by molar-refractivity contribution is -0.120. The highest BCUT2D eigenvalue weighted by Crippen LogP contribution is 2.27. The molecular formula is C17H20N4O2S2. The summed E-state index contributed by atoms with van der Waals surface area (Å²) in [7, 11) is 0. The molecule has 6 nitrogen and oxygen atoms in total. The number of hydrogen-bond donors (Lipinski definition) is 1. The van der Waals surface area contributed by atoms with E-state index in [4.69, 9.17) is 4.42 Å². The van der Waals surface area contributed by atoms with Gasteiger partial charge in [0.15, 0.2) is 16.7 Å². The standard InChI is InChI=1S/C17H20N4O2S2/c1-3-21-15(14-7-4-10-23-14)19-20-17(21)25-12(2)16(22)18-9-8-13-6-5-11-24-13/h4-7,10-12H,3,8-9H2,1-2H3,(H,18,22). The molecule has 132 valence electrons. The second-order valence-electron chi connectivity index (χ2n) is 5.41. The molecule has 1 unspecified atom stereocenters. The first-order valence-corrected chi connectivity index (χ1v) is 9.88. The fourth-order valence-corrected chi connectivity index (χ4v) is 4.01. The minimum Gasteiger partial charge on any atom is -0.461 e. The summed E-state index contributed by atoms with van der Waals surface area (Å²) in [5, 5.41) is 13.9. The van der Waals surface area contributed by atoms with Crippen molar-refractivity contribution in [1.29, 1.82) is 0 Å². The molecule has 0 fully saturated rings. The summed E-state index contributed by atoms with van der Waals surface area (Å²) in [5.41, 5.74) is 0. The fraction of sp³-hybridized carbons (Fsp3) is 0.353. The monoisotopic (exact) mass is 376 g/mol. The Morgan fingerprint density at radius 2 is 2.28 bits per heavy atom. The van der Waals surface area contributed by atoms with E-state index in [0.717, 1.165) is 11.6 Å². The third-order valence-electron chi connectivity index (χ3n) is 3.68. The Balaban J connectivity index is 1.58. The van der Waals surface area contributed by atoms with Crippen molar-refractivity contribution in [2.75, 3.05) is 6.54 Å². The van der Waals surface area contributed by atoms with Crippen molar-refractivity contribution in [1.82, 2.24) is 20.1 Å². The lowest BCUT2D eigenvalue weighted by Crippen LogP contribution is -2.32. The van der Waals surface area contributed by atoms with Gasteiger partial charge < -0.3 is 9.73 Å². The predicted molar refractivity (Wildman–Crippen MR) is 99.7 cm³/mol. The summed E-state index contributed by atoms with van der Waals surface area (Å²) in [6, 6.07) is 7.77. The van der Waals surface area contributed by atoms with Crippen molar-refractivity contribution in [2.45, 2.75) is 37.2 Å². The topological polar surface area (TPSA) is 73.0 Å². The van der Waals surface area contributed by atoms with Crippen molar-refractivity contribution in [3.8, 4) is 11.6 Å². The quantitative estimate of drug-likeness (QED) is 0.610. The molecule has 0 aliphatic carbocycles. The van der Waals surface area contributed by atoms with Crippen LogP contribution >= 0.6 is 23.1 Å². The molecule has 1 atom stereocenters. The number of aromatic nitrogens is 3. The van der Waals surface area contributed by atoms with Gasteiger partial charge >= 0.3 is 0 Å². The highest BCUT2D eigenvalue weighted by molar-refractivity contribution is 8.00. The Morgan fingerprint density at radius 1 is 1.40 bits per heavy atom. The molecule has 0 aromatic carbocycles. The van der Waals surface area contributed by atoms with Crippen LogP contribution in [0.15, 0.2) is 45.5 Å². The Bertz CT molecular complexity index is 797. The maximum atomic E-state index is 12.3. The zero-order valence-corrected chi connectivity index (χ0v) is 15.8. The summed E-state index contributed by atoms with van der Waals surface area (Å²) in [4.78, 5) is 13.6. The Hall–Kier alpha value is -2.06. The number of carbonyl (C=O) groups is 1. The normalized spacial score (nSPS) is 12.2. The Morgan fingerprint density at radius 3 is 2.96 bits per heavy atom. The van der Waals surface area contributed by atoms with Gasteiger partial charge in [-0.2, -0.15) is 0 Å². The van der Waals surface area contributed by atoms with Gasteiger partial charge in [-0.1, -0.05) is 17.8 Å². The van der Waals surface area contributed by atoms with Gasteiger partial charge in [0.25, 0.3) is 0 Å². The number of carbonyl (C=O) groups excluding carboxylic acids is 1. The number of nitrogens with zero attached hydrogens (tertiary/aromatic N) is 3. The molecule has 0 saturated carbocycles. The summed E-state index contributed by atoms with van der Waals surface area (Å²) < 4.78 is 7.36. The average Bonchev–Trinajstić information content (AvgIpc) is 3.35. The first-order valence-electron chi connectivity index (χ1n) is 8.13. The maximum absolute atomic E-state index is 12.3. The highest BCUT2D eigenvalue weighted by Gasteiger charge is 2.20. The van der Waals surface area contributed by atoms with Gasteiger partial charge in [0.05, 0.1) is 11.5 Å². The zero-order chi connectivity index (χ0) is 17.6. The Labute approximate surface area is 154 Å². The van der Waals surface area contributed by atoms with Crippen LogP contribution in [0.3, 0.4) is 0 Å². The minimum absolute atomic E-state index is 0.00626. The van der Waals surface area contributed by atoms with Crippen LogP contribution in [-0.2, 0) is 17.8 Å². The molecule has 3 rings (SSSR count). The number of thiophene rings is 1. The van der Waals surface area contributed by atoms with Gasteiger partial charge in [0.1, 0.15) is 0 Å². The SMILES string of the molecule is CCn1c(SC(C)C(=O)NCCc2cccs2)nnc1-c1ccco1. The smallest absolute Gasteiger partial charge is 0.233 e. The lowest BCUT2D eigenvalue weighted by atomic mass is 10.3. The van der Waals surface area contributed by atoms with Crippen LogP contribution in [-0.4, -0.2) is 32.5 Å². The van der Waals surface area contributed by atoms with Crippen molar-refractivity contribution in [2.24, 2.45) is 0 Å². The van der Waals surface area contributed by atoms with Crippen molar-refractivity contribution >= 4 is 29.0 Å². The van der Waals surface area contributed by atoms with E-state index < -0.39 is 0 Å². The summed E-state index contributed by atoms with van der Waals surface area (Å²) in [6.45, 7) is 5.25. The van der Waals surface area contributed by atoms with Crippen LogP contribution in [0.1, 0.15) is 18.7 Å². The molecule has 0 aliphatic rings. The number of amides is 1. The van der Waals surface area contributed by atoms with E-state index in [-0.39, 0.29) is 11.2 Å². The molecule has 3 aromatic heterocycles. The van der Waals surface area contributed by atoms with Crippen molar-refractivity contribution in [3.05, 3.63) is 40.8 Å². The lowest BCUT2D eigenvalue weighted by Gasteiger charge is -2.12. The first kappa shape index (κ1) is 17.8. The Kier molecular flexibility index (Phi) is 5.93. The number of rotatable bonds is 8. The first-order chi connectivity index (χ1) is 12.2. The third-order valence-corrected chi connectivity index (χ3v) is 5.69. The zero-order valence-electron chi connectivity index (χ0n) is 14.1. The van der Waals surface area contributed by atoms with E-state index in [0.29, 0.717) is 24.7 Å². The molecule has 3 aromatic rings. The van der Waals surface area contributed by atoms with Gasteiger partial charge in [-0.25, -0.2) is 0 Å². The molecule has 1 amide bonds. The number of nitrogens with one attached hydrogen (secondary N) is 1. The van der Waals surface area contributed by atoms with E-state index in [2.05, 4.69) is 21.6 Å². The number of hydrogen-bond acceptors (Lipinski definition) is 6. The molecule has 0 bridgehead atoms. The molecule has 25 heavy (non-hydrogen) atoms. The summed E-state index contributed by atoms with van der Waals surface area (Å²) in [6.07, 6.45) is 2.47. The molecule has 8 heteroatoms. The molecular weight excluding hydrogens is 356 g/mol. The summed E-state index contributed by atoms with van der Waals surface area (Å²) in [5.74, 6) is 1.36. The molecule has 0 radical (unpaired) electrons. The fourth-order valence-electron chi connectivity index (χ4n) is 2.37. The molecule has 0 saturated heterocycles. The van der Waals surface area contributed by atoms with Crippen LogP contribution in [0.2, 0.25) is 0 Å². The van der Waals surface area contributed by atoms with E-state index in [1.807, 2.05) is 42.0 Å². The van der Waals surface area contributed by atoms with Crippen LogP contribution in [0, 0.1) is 0 Å². The third kappa shape index (κ3) is 4.32. The molecule has 0 aliphatic heterocycles.